The number of piperazine rings is 1. The summed E-state index contributed by atoms with van der Waals surface area (Å²) in [6.07, 6.45) is 4.64. The number of amides is 2. The van der Waals surface area contributed by atoms with Gasteiger partial charge in [-0.3, -0.25) is 9.59 Å². The molecule has 0 N–H and O–H groups in total. The second-order valence-electron chi connectivity index (χ2n) is 7.37. The first kappa shape index (κ1) is 18.9. The first-order valence-corrected chi connectivity index (χ1v) is 10.1. The van der Waals surface area contributed by atoms with E-state index in [0.717, 1.165) is 36.6 Å². The summed E-state index contributed by atoms with van der Waals surface area (Å²) in [5.74, 6) is -0.0326. The van der Waals surface area contributed by atoms with E-state index in [1.165, 1.54) is 12.5 Å². The van der Waals surface area contributed by atoms with Crippen molar-refractivity contribution in [3.8, 4) is 0 Å². The second kappa shape index (κ2) is 8.27. The van der Waals surface area contributed by atoms with Crippen LogP contribution in [0.1, 0.15) is 23.2 Å². The monoisotopic (exact) mass is 401 g/mol. The van der Waals surface area contributed by atoms with E-state index in [9.17, 15) is 9.59 Å². The summed E-state index contributed by atoms with van der Waals surface area (Å²) in [7, 11) is 0. The van der Waals surface area contributed by atoms with Gasteiger partial charge in [0.1, 0.15) is 6.26 Å². The van der Waals surface area contributed by atoms with Gasteiger partial charge in [-0.05, 0) is 31.0 Å². The zero-order valence-corrected chi connectivity index (χ0v) is 16.5. The van der Waals surface area contributed by atoms with Crippen LogP contribution < -0.4 is 4.90 Å². The third-order valence-corrected chi connectivity index (χ3v) is 5.93. The van der Waals surface area contributed by atoms with Gasteiger partial charge in [-0.25, -0.2) is 0 Å². The lowest BCUT2D eigenvalue weighted by atomic mass is 9.95. The van der Waals surface area contributed by atoms with Crippen molar-refractivity contribution in [3.05, 3.63) is 53.4 Å². The number of hydrogen-bond donors (Lipinski definition) is 0. The number of hydrogen-bond acceptors (Lipinski definition) is 4. The summed E-state index contributed by atoms with van der Waals surface area (Å²) >= 11 is 6.30. The molecule has 2 fully saturated rings. The Labute approximate surface area is 169 Å². The van der Waals surface area contributed by atoms with E-state index >= 15 is 0 Å². The Hall–Kier alpha value is -2.47. The zero-order chi connectivity index (χ0) is 19.5. The molecule has 0 saturated carbocycles. The standard InChI is InChI=1S/C21H24ClN3O3/c22-18-5-1-2-6-19(18)23-9-11-24(12-10-23)20(26)16-4-3-8-25(14-16)21(27)17-7-13-28-15-17/h1-2,5-7,13,15-16H,3-4,8-12,14H2. The molecule has 0 spiro atoms. The third-order valence-electron chi connectivity index (χ3n) is 5.61. The molecule has 2 saturated heterocycles. The first-order chi connectivity index (χ1) is 13.6. The van der Waals surface area contributed by atoms with Crippen LogP contribution in [0, 0.1) is 5.92 Å². The van der Waals surface area contributed by atoms with E-state index in [2.05, 4.69) is 4.90 Å². The summed E-state index contributed by atoms with van der Waals surface area (Å²) in [6.45, 7) is 4.05. The fourth-order valence-corrected chi connectivity index (χ4v) is 4.32. The van der Waals surface area contributed by atoms with E-state index in [1.54, 1.807) is 11.0 Å². The molecular formula is C21H24ClN3O3. The maximum Gasteiger partial charge on any atom is 0.257 e. The highest BCUT2D eigenvalue weighted by Gasteiger charge is 2.33. The summed E-state index contributed by atoms with van der Waals surface area (Å²) in [6, 6.07) is 9.47. The summed E-state index contributed by atoms with van der Waals surface area (Å²) in [4.78, 5) is 31.5. The van der Waals surface area contributed by atoms with Gasteiger partial charge in [-0.2, -0.15) is 0 Å². The highest BCUT2D eigenvalue weighted by Crippen LogP contribution is 2.27. The molecule has 28 heavy (non-hydrogen) atoms. The average Bonchev–Trinajstić information content (AvgIpc) is 3.28. The van der Waals surface area contributed by atoms with Gasteiger partial charge in [-0.15, -0.1) is 0 Å². The largest absolute Gasteiger partial charge is 0.472 e. The maximum absolute atomic E-state index is 13.0. The number of para-hydroxylation sites is 1. The van der Waals surface area contributed by atoms with Crippen molar-refractivity contribution in [2.75, 3.05) is 44.2 Å². The maximum atomic E-state index is 13.0. The van der Waals surface area contributed by atoms with Gasteiger partial charge in [0.05, 0.1) is 28.5 Å². The minimum Gasteiger partial charge on any atom is -0.472 e. The molecule has 6 nitrogen and oxygen atoms in total. The van der Waals surface area contributed by atoms with Gasteiger partial charge in [0, 0.05) is 39.3 Å². The van der Waals surface area contributed by atoms with Crippen molar-refractivity contribution >= 4 is 29.1 Å². The molecule has 2 aromatic rings. The number of anilines is 1. The molecule has 1 aromatic heterocycles. The number of furan rings is 1. The Morgan fingerprint density at radius 2 is 1.79 bits per heavy atom. The Kier molecular flexibility index (Phi) is 5.57. The van der Waals surface area contributed by atoms with Crippen LogP contribution in [0.5, 0.6) is 0 Å². The number of nitrogens with zero attached hydrogens (tertiary/aromatic N) is 3. The van der Waals surface area contributed by atoms with E-state index in [0.29, 0.717) is 31.7 Å². The van der Waals surface area contributed by atoms with E-state index in [-0.39, 0.29) is 17.7 Å². The van der Waals surface area contributed by atoms with Gasteiger partial charge < -0.3 is 19.1 Å². The molecule has 3 heterocycles. The number of likely N-dealkylation sites (tertiary alicyclic amines) is 1. The van der Waals surface area contributed by atoms with Crippen LogP contribution in [-0.2, 0) is 4.79 Å². The Bertz CT molecular complexity index is 831. The minimum atomic E-state index is -0.128. The van der Waals surface area contributed by atoms with E-state index < -0.39 is 0 Å². The molecule has 4 rings (SSSR count). The number of carbonyl (C=O) groups excluding carboxylic acids is 2. The summed E-state index contributed by atoms with van der Waals surface area (Å²) in [5, 5.41) is 0.739. The molecule has 1 aromatic carbocycles. The Balaban J connectivity index is 1.35. The van der Waals surface area contributed by atoms with Crippen LogP contribution in [0.3, 0.4) is 0 Å². The molecule has 2 amide bonds. The predicted octanol–water partition coefficient (Wildman–Crippen LogP) is 3.13. The molecular weight excluding hydrogens is 378 g/mol. The van der Waals surface area contributed by atoms with Gasteiger partial charge >= 0.3 is 0 Å². The quantitative estimate of drug-likeness (QED) is 0.792. The van der Waals surface area contributed by atoms with Crippen molar-refractivity contribution in [2.45, 2.75) is 12.8 Å². The van der Waals surface area contributed by atoms with Crippen LogP contribution in [0.15, 0.2) is 47.3 Å². The zero-order valence-electron chi connectivity index (χ0n) is 15.7. The lowest BCUT2D eigenvalue weighted by Gasteiger charge is -2.39. The molecule has 148 valence electrons. The fourth-order valence-electron chi connectivity index (χ4n) is 4.07. The van der Waals surface area contributed by atoms with Crippen molar-refractivity contribution in [1.82, 2.24) is 9.80 Å². The average molecular weight is 402 g/mol. The Morgan fingerprint density at radius 1 is 1.00 bits per heavy atom. The molecule has 1 unspecified atom stereocenters. The molecule has 0 aliphatic carbocycles. The van der Waals surface area contributed by atoms with Crippen LogP contribution in [-0.4, -0.2) is 60.9 Å². The van der Waals surface area contributed by atoms with E-state index in [1.807, 2.05) is 29.2 Å². The SMILES string of the molecule is O=C(c1ccoc1)N1CCCC(C(=O)N2CCN(c3ccccc3Cl)CC2)C1. The summed E-state index contributed by atoms with van der Waals surface area (Å²) < 4.78 is 5.01. The van der Waals surface area contributed by atoms with Gasteiger partial charge in [0.25, 0.3) is 5.91 Å². The van der Waals surface area contributed by atoms with Crippen molar-refractivity contribution in [3.63, 3.8) is 0 Å². The number of carbonyl (C=O) groups is 2. The number of piperidine rings is 1. The second-order valence-corrected chi connectivity index (χ2v) is 7.77. The molecule has 2 aliphatic heterocycles. The molecule has 2 aliphatic rings. The highest BCUT2D eigenvalue weighted by atomic mass is 35.5. The molecule has 0 radical (unpaired) electrons. The smallest absolute Gasteiger partial charge is 0.257 e. The highest BCUT2D eigenvalue weighted by molar-refractivity contribution is 6.33. The van der Waals surface area contributed by atoms with Crippen LogP contribution >= 0.6 is 11.6 Å². The van der Waals surface area contributed by atoms with Crippen LogP contribution in [0.4, 0.5) is 5.69 Å². The topological polar surface area (TPSA) is 57.0 Å². The van der Waals surface area contributed by atoms with E-state index in [4.69, 9.17) is 16.0 Å². The number of halogens is 1. The van der Waals surface area contributed by atoms with Gasteiger partial charge in [0.15, 0.2) is 0 Å². The number of benzene rings is 1. The van der Waals surface area contributed by atoms with Gasteiger partial charge in [0.2, 0.25) is 5.91 Å². The van der Waals surface area contributed by atoms with Crippen LogP contribution in [0.25, 0.3) is 0 Å². The third kappa shape index (κ3) is 3.87. The predicted molar refractivity (Wildman–Crippen MR) is 108 cm³/mol. The Morgan fingerprint density at radius 3 is 2.50 bits per heavy atom. The number of rotatable bonds is 3. The molecule has 1 atom stereocenters. The minimum absolute atomic E-state index is 0.0604. The van der Waals surface area contributed by atoms with Gasteiger partial charge in [-0.1, -0.05) is 23.7 Å². The van der Waals surface area contributed by atoms with Crippen molar-refractivity contribution in [1.29, 1.82) is 0 Å². The summed E-state index contributed by atoms with van der Waals surface area (Å²) in [5.41, 5.74) is 1.56. The molecule has 7 heteroatoms. The van der Waals surface area contributed by atoms with Crippen molar-refractivity contribution in [2.24, 2.45) is 5.92 Å². The van der Waals surface area contributed by atoms with Crippen LogP contribution in [0.2, 0.25) is 5.02 Å². The fraction of sp³-hybridized carbons (Fsp3) is 0.429. The molecule has 0 bridgehead atoms. The lowest BCUT2D eigenvalue weighted by Crippen LogP contribution is -2.53. The first-order valence-electron chi connectivity index (χ1n) is 9.73. The van der Waals surface area contributed by atoms with Crippen molar-refractivity contribution < 1.29 is 14.0 Å². The normalized spacial score (nSPS) is 20.3. The lowest BCUT2D eigenvalue weighted by molar-refractivity contribution is -0.137.